The third kappa shape index (κ3) is 4.17. The van der Waals surface area contributed by atoms with Crippen molar-refractivity contribution in [3.8, 4) is 11.1 Å². The summed E-state index contributed by atoms with van der Waals surface area (Å²) in [6, 6.07) is 14.1. The standard InChI is InChI=1S/C25H22ClF2N3O3S/c1-14-8-16-10-21(28)24(35(29,33)34)11-23(16)31(14)25(32)17-12-30(13-17)22-7-6-15(9-20(22)27)18-4-2-3-5-19(18)26/h2-7,9-11,14,17H,8,12-13H2,1H3,(H2,29,33,34). The van der Waals surface area contributed by atoms with Crippen molar-refractivity contribution in [2.24, 2.45) is 11.1 Å². The van der Waals surface area contributed by atoms with E-state index in [4.69, 9.17) is 16.7 Å². The van der Waals surface area contributed by atoms with Crippen LogP contribution in [0.1, 0.15) is 12.5 Å². The van der Waals surface area contributed by atoms with E-state index >= 15 is 0 Å². The lowest BCUT2D eigenvalue weighted by molar-refractivity contribution is -0.123. The van der Waals surface area contributed by atoms with Gasteiger partial charge in [-0.25, -0.2) is 22.3 Å². The first-order valence-electron chi connectivity index (χ1n) is 11.0. The van der Waals surface area contributed by atoms with Crippen LogP contribution in [0, 0.1) is 17.6 Å². The van der Waals surface area contributed by atoms with Crippen LogP contribution >= 0.6 is 11.6 Å². The Labute approximate surface area is 207 Å². The predicted molar refractivity (Wildman–Crippen MR) is 131 cm³/mol. The van der Waals surface area contributed by atoms with E-state index in [1.807, 2.05) is 19.1 Å². The normalized spacial score (nSPS) is 17.9. The number of rotatable bonds is 4. The lowest BCUT2D eigenvalue weighted by Gasteiger charge is -2.42. The number of halogens is 3. The van der Waals surface area contributed by atoms with E-state index in [1.54, 1.807) is 29.2 Å². The predicted octanol–water partition coefficient (Wildman–Crippen LogP) is 4.35. The first kappa shape index (κ1) is 23.7. The van der Waals surface area contributed by atoms with Gasteiger partial charge in [0, 0.05) is 35.4 Å². The molecule has 182 valence electrons. The molecule has 0 aliphatic carbocycles. The zero-order chi connectivity index (χ0) is 25.1. The van der Waals surface area contributed by atoms with Crippen LogP contribution in [0.25, 0.3) is 11.1 Å². The maximum Gasteiger partial charge on any atom is 0.241 e. The summed E-state index contributed by atoms with van der Waals surface area (Å²) in [5.41, 5.74) is 2.67. The van der Waals surface area contributed by atoms with E-state index < -0.39 is 32.5 Å². The van der Waals surface area contributed by atoms with Gasteiger partial charge in [0.2, 0.25) is 15.9 Å². The molecule has 2 aliphatic rings. The second kappa shape index (κ2) is 8.58. The number of hydrogen-bond donors (Lipinski definition) is 1. The number of benzene rings is 3. The molecule has 1 fully saturated rings. The summed E-state index contributed by atoms with van der Waals surface area (Å²) < 4.78 is 52.7. The number of carbonyl (C=O) groups is 1. The van der Waals surface area contributed by atoms with Gasteiger partial charge in [0.15, 0.2) is 0 Å². The molecule has 2 heterocycles. The summed E-state index contributed by atoms with van der Waals surface area (Å²) >= 11 is 6.22. The van der Waals surface area contributed by atoms with E-state index in [-0.39, 0.29) is 11.9 Å². The third-order valence-electron chi connectivity index (χ3n) is 6.60. The van der Waals surface area contributed by atoms with Gasteiger partial charge in [0.1, 0.15) is 16.5 Å². The number of nitrogens with zero attached hydrogens (tertiary/aromatic N) is 2. The van der Waals surface area contributed by atoms with Crippen molar-refractivity contribution in [2.45, 2.75) is 24.3 Å². The first-order chi connectivity index (χ1) is 16.5. The van der Waals surface area contributed by atoms with Crippen molar-refractivity contribution >= 4 is 38.9 Å². The van der Waals surface area contributed by atoms with Gasteiger partial charge in [0.05, 0.1) is 11.6 Å². The van der Waals surface area contributed by atoms with E-state index in [1.165, 1.54) is 11.0 Å². The van der Waals surface area contributed by atoms with E-state index in [0.29, 0.717) is 47.0 Å². The number of nitrogens with two attached hydrogens (primary N) is 1. The number of amides is 1. The fourth-order valence-corrected chi connectivity index (χ4v) is 5.68. The smallest absolute Gasteiger partial charge is 0.241 e. The van der Waals surface area contributed by atoms with Gasteiger partial charge in [-0.1, -0.05) is 35.9 Å². The SMILES string of the molecule is CC1Cc2cc(F)c(S(N)(=O)=O)cc2N1C(=O)C1CN(c2ccc(-c3ccccc3Cl)cc2F)C1. The van der Waals surface area contributed by atoms with Gasteiger partial charge in [-0.05, 0) is 54.8 Å². The molecule has 0 aromatic heterocycles. The Morgan fingerprint density at radius 2 is 1.74 bits per heavy atom. The molecule has 35 heavy (non-hydrogen) atoms. The van der Waals surface area contributed by atoms with Crippen molar-refractivity contribution in [3.05, 3.63) is 76.8 Å². The zero-order valence-corrected chi connectivity index (χ0v) is 20.3. The molecule has 0 bridgehead atoms. The molecule has 10 heteroatoms. The number of hydrogen-bond acceptors (Lipinski definition) is 4. The number of anilines is 2. The highest BCUT2D eigenvalue weighted by atomic mass is 35.5. The van der Waals surface area contributed by atoms with Crippen molar-refractivity contribution in [1.82, 2.24) is 0 Å². The molecule has 1 unspecified atom stereocenters. The summed E-state index contributed by atoms with van der Waals surface area (Å²) in [6.07, 6.45) is 0.400. The van der Waals surface area contributed by atoms with E-state index in [0.717, 1.165) is 17.7 Å². The monoisotopic (exact) mass is 517 g/mol. The Kier molecular flexibility index (Phi) is 5.82. The van der Waals surface area contributed by atoms with Crippen LogP contribution in [-0.4, -0.2) is 33.5 Å². The number of primary sulfonamides is 1. The molecular formula is C25H22ClF2N3O3S. The van der Waals surface area contributed by atoms with Crippen LogP contribution in [0.5, 0.6) is 0 Å². The quantitative estimate of drug-likeness (QED) is 0.558. The van der Waals surface area contributed by atoms with Gasteiger partial charge < -0.3 is 9.80 Å². The van der Waals surface area contributed by atoms with Crippen LogP contribution < -0.4 is 14.9 Å². The minimum Gasteiger partial charge on any atom is -0.367 e. The van der Waals surface area contributed by atoms with Gasteiger partial charge in [-0.2, -0.15) is 0 Å². The maximum absolute atomic E-state index is 14.9. The number of sulfonamides is 1. The Hall–Kier alpha value is -3.01. The first-order valence-corrected chi connectivity index (χ1v) is 12.9. The molecule has 6 nitrogen and oxygen atoms in total. The summed E-state index contributed by atoms with van der Waals surface area (Å²) in [5.74, 6) is -1.97. The molecule has 3 aromatic rings. The van der Waals surface area contributed by atoms with E-state index in [2.05, 4.69) is 0 Å². The highest BCUT2D eigenvalue weighted by Gasteiger charge is 2.41. The summed E-state index contributed by atoms with van der Waals surface area (Å²) in [5, 5.41) is 5.66. The molecule has 1 amide bonds. The Balaban J connectivity index is 1.34. The van der Waals surface area contributed by atoms with Crippen LogP contribution in [0.4, 0.5) is 20.2 Å². The lowest BCUT2D eigenvalue weighted by Crippen LogP contribution is -2.56. The topological polar surface area (TPSA) is 83.7 Å². The van der Waals surface area contributed by atoms with Gasteiger partial charge in [0.25, 0.3) is 0 Å². The Bertz CT molecular complexity index is 1460. The lowest BCUT2D eigenvalue weighted by atomic mass is 9.96. The molecule has 1 atom stereocenters. The van der Waals surface area contributed by atoms with Crippen molar-refractivity contribution in [1.29, 1.82) is 0 Å². The van der Waals surface area contributed by atoms with Gasteiger partial charge in [-0.15, -0.1) is 0 Å². The molecule has 0 spiro atoms. The largest absolute Gasteiger partial charge is 0.367 e. The summed E-state index contributed by atoms with van der Waals surface area (Å²) in [7, 11) is -4.28. The highest BCUT2D eigenvalue weighted by Crippen LogP contribution is 2.39. The second-order valence-corrected chi connectivity index (χ2v) is 10.9. The molecule has 0 radical (unpaired) electrons. The van der Waals surface area contributed by atoms with Crippen molar-refractivity contribution in [2.75, 3.05) is 22.9 Å². The van der Waals surface area contributed by atoms with Crippen LogP contribution in [0.2, 0.25) is 5.02 Å². The van der Waals surface area contributed by atoms with Crippen molar-refractivity contribution in [3.63, 3.8) is 0 Å². The summed E-state index contributed by atoms with van der Waals surface area (Å²) in [6.45, 7) is 2.43. The van der Waals surface area contributed by atoms with Gasteiger partial charge in [-0.3, -0.25) is 4.79 Å². The number of fused-ring (bicyclic) bond motifs is 1. The van der Waals surface area contributed by atoms with Crippen LogP contribution in [0.15, 0.2) is 59.5 Å². The van der Waals surface area contributed by atoms with E-state index in [9.17, 15) is 22.0 Å². The molecule has 2 N–H and O–H groups in total. The molecule has 1 saturated heterocycles. The molecule has 0 saturated carbocycles. The number of carbonyl (C=O) groups excluding carboxylic acids is 1. The molecular weight excluding hydrogens is 496 g/mol. The fraction of sp³-hybridized carbons (Fsp3) is 0.240. The minimum absolute atomic E-state index is 0.215. The highest BCUT2D eigenvalue weighted by molar-refractivity contribution is 7.89. The molecule has 2 aliphatic heterocycles. The van der Waals surface area contributed by atoms with Crippen molar-refractivity contribution < 1.29 is 22.0 Å². The molecule has 3 aromatic carbocycles. The average molecular weight is 518 g/mol. The third-order valence-corrected chi connectivity index (χ3v) is 7.85. The summed E-state index contributed by atoms with van der Waals surface area (Å²) in [4.78, 5) is 15.9. The maximum atomic E-state index is 14.9. The Morgan fingerprint density at radius 1 is 1.03 bits per heavy atom. The zero-order valence-electron chi connectivity index (χ0n) is 18.7. The fourth-order valence-electron chi connectivity index (χ4n) is 4.83. The van der Waals surface area contributed by atoms with Crippen LogP contribution in [-0.2, 0) is 21.2 Å². The second-order valence-electron chi connectivity index (χ2n) is 8.97. The molecule has 5 rings (SSSR count). The Morgan fingerprint density at radius 3 is 2.40 bits per heavy atom. The van der Waals surface area contributed by atoms with Gasteiger partial charge >= 0.3 is 0 Å². The minimum atomic E-state index is -4.28. The van der Waals surface area contributed by atoms with Crippen LogP contribution in [0.3, 0.4) is 0 Å². The average Bonchev–Trinajstić information content (AvgIpc) is 3.07.